The summed E-state index contributed by atoms with van der Waals surface area (Å²) in [5, 5.41) is 8.67. The van der Waals surface area contributed by atoms with Gasteiger partial charge in [-0.15, -0.1) is 0 Å². The zero-order chi connectivity index (χ0) is 8.27. The van der Waals surface area contributed by atoms with Crippen molar-refractivity contribution in [3.05, 3.63) is 0 Å². The SMILES string of the molecule is CC(C)C1CCC(CCO)O1. The van der Waals surface area contributed by atoms with Gasteiger partial charge in [-0.05, 0) is 25.2 Å². The van der Waals surface area contributed by atoms with Crippen molar-refractivity contribution in [2.45, 2.75) is 45.3 Å². The number of rotatable bonds is 3. The maximum atomic E-state index is 8.67. The van der Waals surface area contributed by atoms with Gasteiger partial charge in [0.05, 0.1) is 12.2 Å². The van der Waals surface area contributed by atoms with Crippen LogP contribution >= 0.6 is 0 Å². The average Bonchev–Trinajstić information content (AvgIpc) is 2.37. The van der Waals surface area contributed by atoms with Gasteiger partial charge in [0.1, 0.15) is 0 Å². The Kier molecular flexibility index (Phi) is 3.34. The van der Waals surface area contributed by atoms with Crippen LogP contribution < -0.4 is 0 Å². The highest BCUT2D eigenvalue weighted by Gasteiger charge is 2.26. The molecule has 0 aliphatic carbocycles. The molecule has 2 heteroatoms. The van der Waals surface area contributed by atoms with Crippen LogP contribution in [-0.4, -0.2) is 23.9 Å². The fraction of sp³-hybridized carbons (Fsp3) is 1.00. The Morgan fingerprint density at radius 2 is 2.18 bits per heavy atom. The van der Waals surface area contributed by atoms with E-state index in [0.717, 1.165) is 12.8 Å². The van der Waals surface area contributed by atoms with Gasteiger partial charge in [0.15, 0.2) is 0 Å². The second kappa shape index (κ2) is 4.07. The van der Waals surface area contributed by atoms with Gasteiger partial charge in [0, 0.05) is 6.61 Å². The average molecular weight is 158 g/mol. The largest absolute Gasteiger partial charge is 0.396 e. The molecule has 2 unspecified atom stereocenters. The molecular formula is C9H18O2. The van der Waals surface area contributed by atoms with E-state index in [9.17, 15) is 0 Å². The van der Waals surface area contributed by atoms with Crippen LogP contribution in [0.15, 0.2) is 0 Å². The van der Waals surface area contributed by atoms with Gasteiger partial charge in [-0.2, -0.15) is 0 Å². The second-order valence-electron chi connectivity index (χ2n) is 3.63. The lowest BCUT2D eigenvalue weighted by Gasteiger charge is -2.15. The van der Waals surface area contributed by atoms with Crippen LogP contribution in [0.4, 0.5) is 0 Å². The van der Waals surface area contributed by atoms with Crippen LogP contribution in [0.2, 0.25) is 0 Å². The van der Waals surface area contributed by atoms with Crippen molar-refractivity contribution in [2.24, 2.45) is 5.92 Å². The Morgan fingerprint density at radius 1 is 1.45 bits per heavy atom. The predicted molar refractivity (Wildman–Crippen MR) is 44.4 cm³/mol. The highest BCUT2D eigenvalue weighted by Crippen LogP contribution is 2.26. The van der Waals surface area contributed by atoms with E-state index in [1.807, 2.05) is 0 Å². The molecule has 0 spiro atoms. The first-order valence-electron chi connectivity index (χ1n) is 4.50. The van der Waals surface area contributed by atoms with E-state index < -0.39 is 0 Å². The second-order valence-corrected chi connectivity index (χ2v) is 3.63. The van der Waals surface area contributed by atoms with Crippen LogP contribution in [0.25, 0.3) is 0 Å². The quantitative estimate of drug-likeness (QED) is 0.675. The summed E-state index contributed by atoms with van der Waals surface area (Å²) in [4.78, 5) is 0. The van der Waals surface area contributed by atoms with Crippen molar-refractivity contribution < 1.29 is 9.84 Å². The first-order valence-corrected chi connectivity index (χ1v) is 4.50. The number of hydrogen-bond acceptors (Lipinski definition) is 2. The van der Waals surface area contributed by atoms with Gasteiger partial charge in [-0.1, -0.05) is 13.8 Å². The number of ether oxygens (including phenoxy) is 1. The van der Waals surface area contributed by atoms with Crippen molar-refractivity contribution in [1.29, 1.82) is 0 Å². The Morgan fingerprint density at radius 3 is 2.64 bits per heavy atom. The summed E-state index contributed by atoms with van der Waals surface area (Å²) in [6.45, 7) is 4.63. The maximum Gasteiger partial charge on any atom is 0.0602 e. The minimum Gasteiger partial charge on any atom is -0.396 e. The molecule has 0 aromatic rings. The summed E-state index contributed by atoms with van der Waals surface area (Å²) < 4.78 is 5.70. The van der Waals surface area contributed by atoms with Crippen molar-refractivity contribution in [3.8, 4) is 0 Å². The van der Waals surface area contributed by atoms with E-state index in [4.69, 9.17) is 9.84 Å². The zero-order valence-corrected chi connectivity index (χ0v) is 7.42. The molecule has 11 heavy (non-hydrogen) atoms. The van der Waals surface area contributed by atoms with Gasteiger partial charge in [-0.3, -0.25) is 0 Å². The van der Waals surface area contributed by atoms with Crippen molar-refractivity contribution in [3.63, 3.8) is 0 Å². The first kappa shape index (κ1) is 9.01. The lowest BCUT2D eigenvalue weighted by Crippen LogP contribution is -2.17. The Bertz CT molecular complexity index is 112. The number of aliphatic hydroxyl groups excluding tert-OH is 1. The Balaban J connectivity index is 2.23. The molecule has 1 rings (SSSR count). The van der Waals surface area contributed by atoms with Crippen LogP contribution in [0.1, 0.15) is 33.1 Å². The standard InChI is InChI=1S/C9H18O2/c1-7(2)9-4-3-8(11-9)5-6-10/h7-10H,3-6H2,1-2H3. The molecular weight excluding hydrogens is 140 g/mol. The molecule has 1 aliphatic heterocycles. The molecule has 0 aromatic carbocycles. The van der Waals surface area contributed by atoms with Crippen molar-refractivity contribution in [1.82, 2.24) is 0 Å². The van der Waals surface area contributed by atoms with Crippen molar-refractivity contribution in [2.75, 3.05) is 6.61 Å². The summed E-state index contributed by atoms with van der Waals surface area (Å²) in [5.74, 6) is 0.624. The van der Waals surface area contributed by atoms with Gasteiger partial charge in [0.2, 0.25) is 0 Å². The summed E-state index contributed by atoms with van der Waals surface area (Å²) in [6, 6.07) is 0. The molecule has 0 bridgehead atoms. The van der Waals surface area contributed by atoms with E-state index in [0.29, 0.717) is 18.1 Å². The molecule has 1 heterocycles. The minimum absolute atomic E-state index is 0.259. The van der Waals surface area contributed by atoms with Gasteiger partial charge >= 0.3 is 0 Å². The topological polar surface area (TPSA) is 29.5 Å². The van der Waals surface area contributed by atoms with Crippen LogP contribution in [0.5, 0.6) is 0 Å². The Labute approximate surface area is 68.6 Å². The number of hydrogen-bond donors (Lipinski definition) is 1. The van der Waals surface area contributed by atoms with Gasteiger partial charge in [-0.25, -0.2) is 0 Å². The molecule has 0 saturated carbocycles. The third kappa shape index (κ3) is 2.46. The van der Waals surface area contributed by atoms with E-state index in [1.54, 1.807) is 0 Å². The molecule has 1 fully saturated rings. The van der Waals surface area contributed by atoms with Crippen LogP contribution in [0.3, 0.4) is 0 Å². The van der Waals surface area contributed by atoms with E-state index in [1.165, 1.54) is 6.42 Å². The summed E-state index contributed by atoms with van der Waals surface area (Å²) in [7, 11) is 0. The smallest absolute Gasteiger partial charge is 0.0602 e. The zero-order valence-electron chi connectivity index (χ0n) is 7.42. The summed E-state index contributed by atoms with van der Waals surface area (Å²) in [6.07, 6.45) is 3.87. The molecule has 2 atom stereocenters. The molecule has 2 nitrogen and oxygen atoms in total. The van der Waals surface area contributed by atoms with E-state index >= 15 is 0 Å². The normalized spacial score (nSPS) is 31.6. The molecule has 0 radical (unpaired) electrons. The predicted octanol–water partition coefficient (Wildman–Crippen LogP) is 1.57. The van der Waals surface area contributed by atoms with Gasteiger partial charge in [0.25, 0.3) is 0 Å². The monoisotopic (exact) mass is 158 g/mol. The third-order valence-electron chi connectivity index (χ3n) is 2.34. The summed E-state index contributed by atoms with van der Waals surface area (Å²) >= 11 is 0. The highest BCUT2D eigenvalue weighted by atomic mass is 16.5. The van der Waals surface area contributed by atoms with Crippen molar-refractivity contribution >= 4 is 0 Å². The highest BCUT2D eigenvalue weighted by molar-refractivity contribution is 4.75. The fourth-order valence-electron chi connectivity index (χ4n) is 1.58. The molecule has 66 valence electrons. The maximum absolute atomic E-state index is 8.67. The van der Waals surface area contributed by atoms with Crippen LogP contribution in [0, 0.1) is 5.92 Å². The molecule has 0 aromatic heterocycles. The fourth-order valence-corrected chi connectivity index (χ4v) is 1.58. The lowest BCUT2D eigenvalue weighted by atomic mass is 10.0. The summed E-state index contributed by atoms with van der Waals surface area (Å²) in [5.41, 5.74) is 0. The molecule has 1 aliphatic rings. The third-order valence-corrected chi connectivity index (χ3v) is 2.34. The lowest BCUT2D eigenvalue weighted by molar-refractivity contribution is 0.00863. The van der Waals surface area contributed by atoms with E-state index in [2.05, 4.69) is 13.8 Å². The van der Waals surface area contributed by atoms with Gasteiger partial charge < -0.3 is 9.84 Å². The number of aliphatic hydroxyl groups is 1. The molecule has 0 amide bonds. The first-order chi connectivity index (χ1) is 5.24. The molecule has 1 saturated heterocycles. The Hall–Kier alpha value is -0.0800. The molecule has 1 N–H and O–H groups in total. The van der Waals surface area contributed by atoms with Crippen LogP contribution in [-0.2, 0) is 4.74 Å². The minimum atomic E-state index is 0.259. The van der Waals surface area contributed by atoms with E-state index in [-0.39, 0.29) is 6.61 Å².